The molecule has 0 unspecified atom stereocenters. The molecule has 0 bridgehead atoms. The Morgan fingerprint density at radius 2 is 1.93 bits per heavy atom. The molecule has 0 saturated heterocycles. The number of Topliss-reactive ketones (excluding diaryl/α,β-unsaturated/α-hetero) is 1. The third kappa shape index (κ3) is 9.50. The lowest BCUT2D eigenvalue weighted by Crippen LogP contribution is -2.19. The number of hydrogen-bond donors (Lipinski definition) is 3. The molecule has 27 heavy (non-hydrogen) atoms. The first-order chi connectivity index (χ1) is 13.0. The standard InChI is InChI=1S/C22H32O5/c1-2-3-8-12-18-19(21(25)16-20(18)24)15-14-17(23)11-9-6-4-5-7-10-13-22(26)27/h3,5-9,14-15,17-20,23-24H,2,4,10-13,16H2,1H3,(H,26,27)/b7-5-,8-3-,9-6-,15-14+/t17-,18+,19+,20-/m0/s1. The Balaban J connectivity index is 2.40. The molecule has 0 spiro atoms. The van der Waals surface area contributed by atoms with Crippen LogP contribution in [0.2, 0.25) is 0 Å². The third-order valence-corrected chi connectivity index (χ3v) is 4.60. The number of carboxylic acids is 1. The van der Waals surface area contributed by atoms with Gasteiger partial charge in [-0.25, -0.2) is 0 Å². The van der Waals surface area contributed by atoms with Crippen molar-refractivity contribution in [2.24, 2.45) is 11.8 Å². The predicted octanol–water partition coefficient (Wildman–Crippen LogP) is 3.58. The molecule has 1 rings (SSSR count). The zero-order chi connectivity index (χ0) is 20.1. The van der Waals surface area contributed by atoms with Crippen molar-refractivity contribution in [3.8, 4) is 0 Å². The van der Waals surface area contributed by atoms with Gasteiger partial charge in [-0.15, -0.1) is 0 Å². The lowest BCUT2D eigenvalue weighted by atomic mass is 9.90. The highest BCUT2D eigenvalue weighted by molar-refractivity contribution is 5.86. The Hall–Kier alpha value is -1.98. The summed E-state index contributed by atoms with van der Waals surface area (Å²) in [5.74, 6) is -1.22. The highest BCUT2D eigenvalue weighted by Crippen LogP contribution is 2.33. The maximum Gasteiger partial charge on any atom is 0.303 e. The van der Waals surface area contributed by atoms with E-state index in [9.17, 15) is 19.8 Å². The van der Waals surface area contributed by atoms with E-state index in [2.05, 4.69) is 0 Å². The number of rotatable bonds is 12. The van der Waals surface area contributed by atoms with Crippen LogP contribution in [0.1, 0.15) is 51.9 Å². The molecule has 0 aromatic rings. The lowest BCUT2D eigenvalue weighted by Gasteiger charge is -2.16. The van der Waals surface area contributed by atoms with E-state index in [4.69, 9.17) is 5.11 Å². The van der Waals surface area contributed by atoms with Crippen LogP contribution in [-0.4, -0.2) is 39.3 Å². The molecule has 0 aromatic heterocycles. The van der Waals surface area contributed by atoms with Crippen molar-refractivity contribution in [1.82, 2.24) is 0 Å². The molecule has 1 saturated carbocycles. The molecular formula is C22H32O5. The Kier molecular flexibility index (Phi) is 11.3. The SMILES string of the molecule is CC/C=C\C[C@H]1[C@@H](O)CC(=O)[C@@H]1/C=C/[C@@H](O)C/C=C\C/C=C\CCC(=O)O. The highest BCUT2D eigenvalue weighted by atomic mass is 16.4. The predicted molar refractivity (Wildman–Crippen MR) is 106 cm³/mol. The molecular weight excluding hydrogens is 344 g/mol. The molecule has 0 aliphatic heterocycles. The number of carbonyl (C=O) groups is 2. The van der Waals surface area contributed by atoms with E-state index in [-0.39, 0.29) is 30.5 Å². The first-order valence-electron chi connectivity index (χ1n) is 9.69. The molecule has 1 fully saturated rings. The largest absolute Gasteiger partial charge is 0.481 e. The zero-order valence-corrected chi connectivity index (χ0v) is 16.0. The second-order valence-corrected chi connectivity index (χ2v) is 6.84. The summed E-state index contributed by atoms with van der Waals surface area (Å²) in [6.07, 6.45) is 17.2. The minimum absolute atomic E-state index is 0.0305. The van der Waals surface area contributed by atoms with Crippen molar-refractivity contribution in [2.45, 2.75) is 64.1 Å². The minimum atomic E-state index is -0.804. The van der Waals surface area contributed by atoms with E-state index < -0.39 is 18.2 Å². The second kappa shape index (κ2) is 13.2. The summed E-state index contributed by atoms with van der Waals surface area (Å²) >= 11 is 0. The average molecular weight is 376 g/mol. The third-order valence-electron chi connectivity index (χ3n) is 4.60. The first-order valence-corrected chi connectivity index (χ1v) is 9.69. The Labute approximate surface area is 161 Å². The van der Waals surface area contributed by atoms with Gasteiger partial charge in [-0.1, -0.05) is 55.5 Å². The van der Waals surface area contributed by atoms with Gasteiger partial charge in [0, 0.05) is 24.7 Å². The maximum atomic E-state index is 12.1. The second-order valence-electron chi connectivity index (χ2n) is 6.84. The average Bonchev–Trinajstić information content (AvgIpc) is 2.88. The van der Waals surface area contributed by atoms with Crippen LogP contribution in [0.3, 0.4) is 0 Å². The van der Waals surface area contributed by atoms with Crippen LogP contribution in [0.5, 0.6) is 0 Å². The molecule has 3 N–H and O–H groups in total. The Morgan fingerprint density at radius 3 is 2.63 bits per heavy atom. The zero-order valence-electron chi connectivity index (χ0n) is 16.0. The van der Waals surface area contributed by atoms with Crippen LogP contribution in [0, 0.1) is 11.8 Å². The normalized spacial score (nSPS) is 24.9. The van der Waals surface area contributed by atoms with E-state index in [1.54, 1.807) is 12.2 Å². The monoisotopic (exact) mass is 376 g/mol. The van der Waals surface area contributed by atoms with Gasteiger partial charge in [0.2, 0.25) is 0 Å². The number of ketones is 1. The van der Waals surface area contributed by atoms with E-state index in [1.165, 1.54) is 0 Å². The highest BCUT2D eigenvalue weighted by Gasteiger charge is 2.39. The van der Waals surface area contributed by atoms with Crippen molar-refractivity contribution in [3.63, 3.8) is 0 Å². The van der Waals surface area contributed by atoms with Gasteiger partial charge >= 0.3 is 5.97 Å². The van der Waals surface area contributed by atoms with Gasteiger partial charge < -0.3 is 15.3 Å². The number of carbonyl (C=O) groups excluding carboxylic acids is 1. The molecule has 150 valence electrons. The fourth-order valence-corrected chi connectivity index (χ4v) is 3.10. The van der Waals surface area contributed by atoms with E-state index in [0.29, 0.717) is 25.7 Å². The number of aliphatic hydroxyl groups is 2. The van der Waals surface area contributed by atoms with Crippen LogP contribution < -0.4 is 0 Å². The van der Waals surface area contributed by atoms with Crippen LogP contribution in [0.15, 0.2) is 48.6 Å². The minimum Gasteiger partial charge on any atom is -0.481 e. The smallest absolute Gasteiger partial charge is 0.303 e. The van der Waals surface area contributed by atoms with Gasteiger partial charge in [-0.3, -0.25) is 9.59 Å². The molecule has 0 radical (unpaired) electrons. The van der Waals surface area contributed by atoms with Crippen molar-refractivity contribution in [1.29, 1.82) is 0 Å². The van der Waals surface area contributed by atoms with Gasteiger partial charge in [0.05, 0.1) is 12.2 Å². The van der Waals surface area contributed by atoms with Crippen LogP contribution in [-0.2, 0) is 9.59 Å². The lowest BCUT2D eigenvalue weighted by molar-refractivity contribution is -0.136. The molecule has 0 amide bonds. The van der Waals surface area contributed by atoms with Crippen molar-refractivity contribution in [2.75, 3.05) is 0 Å². The summed E-state index contributed by atoms with van der Waals surface area (Å²) in [4.78, 5) is 22.5. The van der Waals surface area contributed by atoms with Gasteiger partial charge in [0.1, 0.15) is 5.78 Å². The summed E-state index contributed by atoms with van der Waals surface area (Å²) in [5, 5.41) is 28.7. The topological polar surface area (TPSA) is 94.8 Å². The Bertz CT molecular complexity index is 573. The van der Waals surface area contributed by atoms with Crippen molar-refractivity contribution >= 4 is 11.8 Å². The molecule has 0 heterocycles. The summed E-state index contributed by atoms with van der Waals surface area (Å²) in [7, 11) is 0. The van der Waals surface area contributed by atoms with Gasteiger partial charge in [-0.2, -0.15) is 0 Å². The van der Waals surface area contributed by atoms with Gasteiger partial charge in [0.15, 0.2) is 0 Å². The Morgan fingerprint density at radius 1 is 1.19 bits per heavy atom. The first kappa shape index (κ1) is 23.1. The van der Waals surface area contributed by atoms with Crippen LogP contribution in [0.4, 0.5) is 0 Å². The van der Waals surface area contributed by atoms with Gasteiger partial charge in [0.25, 0.3) is 0 Å². The van der Waals surface area contributed by atoms with Crippen LogP contribution >= 0.6 is 0 Å². The summed E-state index contributed by atoms with van der Waals surface area (Å²) in [5.41, 5.74) is 0. The molecule has 5 heteroatoms. The maximum absolute atomic E-state index is 12.1. The molecule has 1 aliphatic rings. The van der Waals surface area contributed by atoms with Crippen LogP contribution in [0.25, 0.3) is 0 Å². The van der Waals surface area contributed by atoms with Gasteiger partial charge in [-0.05, 0) is 32.1 Å². The molecule has 0 aromatic carbocycles. The fraction of sp³-hybridized carbons (Fsp3) is 0.545. The summed E-state index contributed by atoms with van der Waals surface area (Å²) < 4.78 is 0. The number of aliphatic carboxylic acids is 1. The van der Waals surface area contributed by atoms with E-state index >= 15 is 0 Å². The number of carboxylic acid groups (broad SMARTS) is 1. The quantitative estimate of drug-likeness (QED) is 0.453. The fourth-order valence-electron chi connectivity index (χ4n) is 3.10. The number of hydrogen-bond acceptors (Lipinski definition) is 4. The number of allylic oxidation sites excluding steroid dienone is 6. The molecule has 1 aliphatic carbocycles. The van der Waals surface area contributed by atoms with Crippen molar-refractivity contribution in [3.05, 3.63) is 48.6 Å². The number of aliphatic hydroxyl groups excluding tert-OH is 2. The van der Waals surface area contributed by atoms with Crippen molar-refractivity contribution < 1.29 is 24.9 Å². The van der Waals surface area contributed by atoms with E-state index in [0.717, 1.165) is 6.42 Å². The van der Waals surface area contributed by atoms with E-state index in [1.807, 2.05) is 43.4 Å². The summed E-state index contributed by atoms with van der Waals surface area (Å²) in [6.45, 7) is 2.04. The molecule has 5 nitrogen and oxygen atoms in total. The summed E-state index contributed by atoms with van der Waals surface area (Å²) in [6, 6.07) is 0. The molecule has 4 atom stereocenters.